The SMILES string of the molecule is COC(=O)N1CCCC(=O)C1CO[C@H]1CC[C@@H](c2ccccc2)CC1. The van der Waals surface area contributed by atoms with Crippen LogP contribution in [-0.2, 0) is 14.3 Å². The topological polar surface area (TPSA) is 55.8 Å². The fraction of sp³-hybridized carbons (Fsp3) is 0.600. The average molecular weight is 345 g/mol. The van der Waals surface area contributed by atoms with Gasteiger partial charge in [-0.2, -0.15) is 0 Å². The Morgan fingerprint density at radius 3 is 2.56 bits per heavy atom. The summed E-state index contributed by atoms with van der Waals surface area (Å²) in [6, 6.07) is 10.1. The molecule has 0 spiro atoms. The number of benzene rings is 1. The van der Waals surface area contributed by atoms with Crippen LogP contribution in [0.25, 0.3) is 0 Å². The number of hydrogen-bond donors (Lipinski definition) is 0. The first-order chi connectivity index (χ1) is 12.2. The minimum absolute atomic E-state index is 0.0784. The van der Waals surface area contributed by atoms with E-state index in [-0.39, 0.29) is 18.5 Å². The number of methoxy groups -OCH3 is 1. The normalized spacial score (nSPS) is 27.2. The molecule has 1 aromatic carbocycles. The van der Waals surface area contributed by atoms with Crippen molar-refractivity contribution in [2.75, 3.05) is 20.3 Å². The zero-order valence-corrected chi connectivity index (χ0v) is 14.9. The smallest absolute Gasteiger partial charge is 0.410 e. The van der Waals surface area contributed by atoms with Gasteiger partial charge >= 0.3 is 6.09 Å². The number of carbonyl (C=O) groups is 2. The van der Waals surface area contributed by atoms with Gasteiger partial charge in [0.25, 0.3) is 0 Å². The van der Waals surface area contributed by atoms with Gasteiger partial charge in [-0.15, -0.1) is 0 Å². The Morgan fingerprint density at radius 2 is 1.88 bits per heavy atom. The van der Waals surface area contributed by atoms with Crippen molar-refractivity contribution in [3.8, 4) is 0 Å². The molecule has 25 heavy (non-hydrogen) atoms. The molecule has 1 atom stereocenters. The molecule has 5 nitrogen and oxygen atoms in total. The molecule has 1 saturated heterocycles. The van der Waals surface area contributed by atoms with Crippen LogP contribution in [0.5, 0.6) is 0 Å². The van der Waals surface area contributed by atoms with E-state index in [9.17, 15) is 9.59 Å². The van der Waals surface area contributed by atoms with Gasteiger partial charge in [0, 0.05) is 13.0 Å². The lowest BCUT2D eigenvalue weighted by atomic mass is 9.83. The maximum Gasteiger partial charge on any atom is 0.410 e. The van der Waals surface area contributed by atoms with Crippen LogP contribution in [-0.4, -0.2) is 49.2 Å². The third kappa shape index (κ3) is 4.40. The second kappa shape index (κ2) is 8.48. The molecule has 1 aliphatic carbocycles. The van der Waals surface area contributed by atoms with Crippen LogP contribution in [0.2, 0.25) is 0 Å². The van der Waals surface area contributed by atoms with E-state index in [0.717, 1.165) is 25.7 Å². The van der Waals surface area contributed by atoms with Crippen LogP contribution in [0.15, 0.2) is 30.3 Å². The number of nitrogens with zero attached hydrogens (tertiary/aromatic N) is 1. The number of Topliss-reactive ketones (excluding diaryl/α,β-unsaturated/α-hetero) is 1. The predicted octanol–water partition coefficient (Wildman–Crippen LogP) is 3.53. The van der Waals surface area contributed by atoms with E-state index >= 15 is 0 Å². The minimum Gasteiger partial charge on any atom is -0.453 e. The molecule has 1 heterocycles. The highest BCUT2D eigenvalue weighted by Crippen LogP contribution is 2.34. The fourth-order valence-electron chi connectivity index (χ4n) is 3.95. The molecule has 1 aliphatic heterocycles. The van der Waals surface area contributed by atoms with E-state index in [1.165, 1.54) is 17.6 Å². The van der Waals surface area contributed by atoms with Gasteiger partial charge in [-0.05, 0) is 43.6 Å². The second-order valence-electron chi connectivity index (χ2n) is 6.97. The van der Waals surface area contributed by atoms with Crippen LogP contribution in [0.3, 0.4) is 0 Å². The molecule has 3 rings (SSSR count). The van der Waals surface area contributed by atoms with Gasteiger partial charge in [0.2, 0.25) is 0 Å². The van der Waals surface area contributed by atoms with Gasteiger partial charge in [-0.25, -0.2) is 4.79 Å². The van der Waals surface area contributed by atoms with Crippen LogP contribution < -0.4 is 0 Å². The standard InChI is InChI=1S/C20H27NO4/c1-24-20(23)21-13-5-8-19(22)18(21)14-25-17-11-9-16(10-12-17)15-6-3-2-4-7-15/h2-4,6-7,16-18H,5,8-14H2,1H3/t16-,17+,18?. The maximum absolute atomic E-state index is 12.2. The van der Waals surface area contributed by atoms with E-state index in [1.54, 1.807) is 0 Å². The molecule has 2 aliphatic rings. The molecule has 0 N–H and O–H groups in total. The van der Waals surface area contributed by atoms with Crippen molar-refractivity contribution in [3.63, 3.8) is 0 Å². The minimum atomic E-state index is -0.493. The Kier molecular flexibility index (Phi) is 6.08. The van der Waals surface area contributed by atoms with Gasteiger partial charge in [0.15, 0.2) is 5.78 Å². The van der Waals surface area contributed by atoms with E-state index < -0.39 is 12.1 Å². The largest absolute Gasteiger partial charge is 0.453 e. The van der Waals surface area contributed by atoms with Crippen molar-refractivity contribution < 1.29 is 19.1 Å². The van der Waals surface area contributed by atoms with Crippen molar-refractivity contribution in [3.05, 3.63) is 35.9 Å². The third-order valence-electron chi connectivity index (χ3n) is 5.41. The zero-order chi connectivity index (χ0) is 17.6. The summed E-state index contributed by atoms with van der Waals surface area (Å²) < 4.78 is 10.8. The number of piperidine rings is 1. The number of carbonyl (C=O) groups excluding carboxylic acids is 2. The maximum atomic E-state index is 12.2. The van der Waals surface area contributed by atoms with E-state index in [4.69, 9.17) is 9.47 Å². The lowest BCUT2D eigenvalue weighted by Crippen LogP contribution is -2.51. The lowest BCUT2D eigenvalue weighted by Gasteiger charge is -2.35. The molecule has 0 bridgehead atoms. The molecule has 2 fully saturated rings. The second-order valence-corrected chi connectivity index (χ2v) is 6.97. The molecule has 0 aromatic heterocycles. The Morgan fingerprint density at radius 1 is 1.16 bits per heavy atom. The summed E-state index contributed by atoms with van der Waals surface area (Å²) in [4.78, 5) is 25.6. The number of likely N-dealkylation sites (tertiary alicyclic amines) is 1. The van der Waals surface area contributed by atoms with Crippen LogP contribution in [0, 0.1) is 0 Å². The molecule has 0 radical (unpaired) electrons. The van der Waals surface area contributed by atoms with Gasteiger partial charge in [0.1, 0.15) is 6.04 Å². The monoisotopic (exact) mass is 345 g/mol. The molecule has 1 saturated carbocycles. The summed E-state index contributed by atoms with van der Waals surface area (Å²) >= 11 is 0. The first kappa shape index (κ1) is 17.9. The molecular formula is C20H27NO4. The van der Waals surface area contributed by atoms with Crippen LogP contribution >= 0.6 is 0 Å². The molecular weight excluding hydrogens is 318 g/mol. The molecule has 1 unspecified atom stereocenters. The molecule has 5 heteroatoms. The van der Waals surface area contributed by atoms with Gasteiger partial charge in [-0.1, -0.05) is 30.3 Å². The highest BCUT2D eigenvalue weighted by atomic mass is 16.5. The average Bonchev–Trinajstić information content (AvgIpc) is 2.67. The number of amides is 1. The quantitative estimate of drug-likeness (QED) is 0.838. The first-order valence-corrected chi connectivity index (χ1v) is 9.23. The van der Waals surface area contributed by atoms with Crippen molar-refractivity contribution in [1.29, 1.82) is 0 Å². The molecule has 1 amide bonds. The summed E-state index contributed by atoms with van der Waals surface area (Å²) in [6.07, 6.45) is 5.16. The summed E-state index contributed by atoms with van der Waals surface area (Å²) in [7, 11) is 1.35. The van der Waals surface area contributed by atoms with Crippen LogP contribution in [0.4, 0.5) is 4.79 Å². The van der Waals surface area contributed by atoms with E-state index in [1.807, 2.05) is 6.07 Å². The van der Waals surface area contributed by atoms with E-state index in [0.29, 0.717) is 25.3 Å². The molecule has 136 valence electrons. The lowest BCUT2D eigenvalue weighted by molar-refractivity contribution is -0.130. The number of ketones is 1. The Balaban J connectivity index is 1.50. The van der Waals surface area contributed by atoms with Crippen molar-refractivity contribution in [1.82, 2.24) is 4.90 Å². The van der Waals surface area contributed by atoms with Crippen molar-refractivity contribution in [2.45, 2.75) is 56.6 Å². The predicted molar refractivity (Wildman–Crippen MR) is 94.5 cm³/mol. The Hall–Kier alpha value is -1.88. The highest BCUT2D eigenvalue weighted by Gasteiger charge is 2.34. The first-order valence-electron chi connectivity index (χ1n) is 9.23. The summed E-state index contributed by atoms with van der Waals surface area (Å²) in [5.41, 5.74) is 1.40. The number of ether oxygens (including phenoxy) is 2. The summed E-state index contributed by atoms with van der Waals surface area (Å²) in [5, 5.41) is 0. The van der Waals surface area contributed by atoms with Crippen LogP contribution in [0.1, 0.15) is 50.0 Å². The Labute approximate surface area is 149 Å². The summed E-state index contributed by atoms with van der Waals surface area (Å²) in [6.45, 7) is 0.849. The van der Waals surface area contributed by atoms with Gasteiger partial charge < -0.3 is 9.47 Å². The molecule has 1 aromatic rings. The van der Waals surface area contributed by atoms with Crippen molar-refractivity contribution >= 4 is 11.9 Å². The number of rotatable bonds is 4. The summed E-state index contributed by atoms with van der Waals surface area (Å²) in [5.74, 6) is 0.679. The number of hydrogen-bond acceptors (Lipinski definition) is 4. The fourth-order valence-corrected chi connectivity index (χ4v) is 3.95. The third-order valence-corrected chi connectivity index (χ3v) is 5.41. The van der Waals surface area contributed by atoms with Gasteiger partial charge in [-0.3, -0.25) is 9.69 Å². The highest BCUT2D eigenvalue weighted by molar-refractivity contribution is 5.88. The van der Waals surface area contributed by atoms with Gasteiger partial charge in [0.05, 0.1) is 19.8 Å². The zero-order valence-electron chi connectivity index (χ0n) is 14.9. The van der Waals surface area contributed by atoms with Crippen molar-refractivity contribution in [2.24, 2.45) is 0 Å². The Bertz CT molecular complexity index is 581. The van der Waals surface area contributed by atoms with E-state index in [2.05, 4.69) is 24.3 Å².